The molecule has 0 unspecified atom stereocenters. The van der Waals surface area contributed by atoms with Gasteiger partial charge in [-0.05, 0) is 37.3 Å². The zero-order valence-electron chi connectivity index (χ0n) is 9.82. The Kier molecular flexibility index (Phi) is 3.03. The molecule has 17 heavy (non-hydrogen) atoms. The van der Waals surface area contributed by atoms with Crippen LogP contribution >= 0.6 is 11.3 Å². The Morgan fingerprint density at radius 1 is 1.53 bits per heavy atom. The Labute approximate surface area is 105 Å². The first-order chi connectivity index (χ1) is 7.81. The third kappa shape index (κ3) is 2.69. The van der Waals surface area contributed by atoms with Crippen molar-refractivity contribution in [1.82, 2.24) is 5.32 Å². The molecular weight excluding hydrogens is 258 g/mol. The highest BCUT2D eigenvalue weighted by Crippen LogP contribution is 2.24. The molecule has 1 N–H and O–H groups in total. The minimum absolute atomic E-state index is 0.0379. The van der Waals surface area contributed by atoms with Gasteiger partial charge < -0.3 is 5.32 Å². The second-order valence-electron chi connectivity index (χ2n) is 4.79. The molecule has 1 aromatic heterocycles. The standard InChI is InChI=1S/C11H15NO3S2/c1-8-3-5-16-9(8)10(13)12-11(2)4-6-17(14,15)7-11/h3,5H,4,6-7H2,1-2H3,(H,12,13)/t11-/m1/s1. The highest BCUT2D eigenvalue weighted by atomic mass is 32.2. The highest BCUT2D eigenvalue weighted by molar-refractivity contribution is 7.91. The summed E-state index contributed by atoms with van der Waals surface area (Å²) in [5.74, 6) is 0.0284. The van der Waals surface area contributed by atoms with Crippen molar-refractivity contribution in [1.29, 1.82) is 0 Å². The van der Waals surface area contributed by atoms with Crippen LogP contribution in [-0.4, -0.2) is 31.4 Å². The van der Waals surface area contributed by atoms with Crippen molar-refractivity contribution in [2.24, 2.45) is 0 Å². The summed E-state index contributed by atoms with van der Waals surface area (Å²) in [6.45, 7) is 3.66. The summed E-state index contributed by atoms with van der Waals surface area (Å²) in [6, 6.07) is 1.88. The third-order valence-corrected chi connectivity index (χ3v) is 5.91. The van der Waals surface area contributed by atoms with Gasteiger partial charge in [0, 0.05) is 0 Å². The van der Waals surface area contributed by atoms with Crippen LogP contribution in [0.15, 0.2) is 11.4 Å². The van der Waals surface area contributed by atoms with Crippen LogP contribution in [0.1, 0.15) is 28.6 Å². The molecule has 1 amide bonds. The highest BCUT2D eigenvalue weighted by Gasteiger charge is 2.39. The quantitative estimate of drug-likeness (QED) is 0.885. The molecule has 1 aliphatic rings. The molecular formula is C11H15NO3S2. The van der Waals surface area contributed by atoms with Gasteiger partial charge in [0.05, 0.1) is 21.9 Å². The number of carbonyl (C=O) groups excluding carboxylic acids is 1. The van der Waals surface area contributed by atoms with Gasteiger partial charge in [0.2, 0.25) is 0 Å². The van der Waals surface area contributed by atoms with E-state index in [0.29, 0.717) is 11.3 Å². The number of amides is 1. The largest absolute Gasteiger partial charge is 0.345 e. The van der Waals surface area contributed by atoms with E-state index in [4.69, 9.17) is 0 Å². The molecule has 1 atom stereocenters. The molecule has 0 bridgehead atoms. The molecule has 94 valence electrons. The number of hydrogen-bond donors (Lipinski definition) is 1. The number of hydrogen-bond acceptors (Lipinski definition) is 4. The summed E-state index contributed by atoms with van der Waals surface area (Å²) < 4.78 is 22.9. The van der Waals surface area contributed by atoms with Crippen molar-refractivity contribution in [3.63, 3.8) is 0 Å². The van der Waals surface area contributed by atoms with Gasteiger partial charge in [-0.3, -0.25) is 4.79 Å². The molecule has 2 rings (SSSR count). The van der Waals surface area contributed by atoms with E-state index in [1.165, 1.54) is 11.3 Å². The molecule has 6 heteroatoms. The summed E-state index contributed by atoms with van der Waals surface area (Å²) in [4.78, 5) is 12.7. The molecule has 0 aliphatic carbocycles. The Balaban J connectivity index is 2.13. The van der Waals surface area contributed by atoms with Crippen molar-refractivity contribution in [2.45, 2.75) is 25.8 Å². The normalized spacial score (nSPS) is 26.9. The Morgan fingerprint density at radius 3 is 2.71 bits per heavy atom. The number of nitrogens with one attached hydrogen (secondary N) is 1. The van der Waals surface area contributed by atoms with E-state index in [0.717, 1.165) is 5.56 Å². The van der Waals surface area contributed by atoms with E-state index in [2.05, 4.69) is 5.32 Å². The van der Waals surface area contributed by atoms with Crippen molar-refractivity contribution in [3.05, 3.63) is 21.9 Å². The fourth-order valence-electron chi connectivity index (χ4n) is 2.05. The van der Waals surface area contributed by atoms with E-state index >= 15 is 0 Å². The smallest absolute Gasteiger partial charge is 0.262 e. The fraction of sp³-hybridized carbons (Fsp3) is 0.545. The average Bonchev–Trinajstić information content (AvgIpc) is 2.70. The van der Waals surface area contributed by atoms with Crippen LogP contribution in [0.5, 0.6) is 0 Å². The molecule has 1 fully saturated rings. The van der Waals surface area contributed by atoms with Gasteiger partial charge in [0.25, 0.3) is 5.91 Å². The number of thiophene rings is 1. The zero-order valence-corrected chi connectivity index (χ0v) is 11.5. The summed E-state index contributed by atoms with van der Waals surface area (Å²) in [5, 5.41) is 4.71. The van der Waals surface area contributed by atoms with Crippen LogP contribution in [0, 0.1) is 6.92 Å². The van der Waals surface area contributed by atoms with Gasteiger partial charge in [-0.15, -0.1) is 11.3 Å². The van der Waals surface area contributed by atoms with Crippen LogP contribution in [0.2, 0.25) is 0 Å². The number of rotatable bonds is 2. The molecule has 0 saturated carbocycles. The van der Waals surface area contributed by atoms with Crippen LogP contribution in [0.4, 0.5) is 0 Å². The molecule has 4 nitrogen and oxygen atoms in total. The molecule has 0 spiro atoms. The summed E-state index contributed by atoms with van der Waals surface area (Å²) in [7, 11) is -2.99. The van der Waals surface area contributed by atoms with Crippen LogP contribution in [0.3, 0.4) is 0 Å². The third-order valence-electron chi connectivity index (χ3n) is 2.99. The van der Waals surface area contributed by atoms with Crippen molar-refractivity contribution < 1.29 is 13.2 Å². The molecule has 0 aromatic carbocycles. The maximum Gasteiger partial charge on any atom is 0.262 e. The van der Waals surface area contributed by atoms with Gasteiger partial charge in [0.1, 0.15) is 0 Å². The lowest BCUT2D eigenvalue weighted by Crippen LogP contribution is -2.46. The van der Waals surface area contributed by atoms with Gasteiger partial charge in [-0.25, -0.2) is 8.42 Å². The first-order valence-electron chi connectivity index (χ1n) is 5.38. The lowest BCUT2D eigenvalue weighted by molar-refractivity contribution is 0.0919. The second kappa shape index (κ2) is 4.10. The first-order valence-corrected chi connectivity index (χ1v) is 8.08. The van der Waals surface area contributed by atoms with Gasteiger partial charge in [0.15, 0.2) is 9.84 Å². The van der Waals surface area contributed by atoms with E-state index < -0.39 is 15.4 Å². The Morgan fingerprint density at radius 2 is 2.24 bits per heavy atom. The molecule has 0 radical (unpaired) electrons. The Hall–Kier alpha value is -0.880. The van der Waals surface area contributed by atoms with Crippen LogP contribution in [-0.2, 0) is 9.84 Å². The number of aryl methyl sites for hydroxylation is 1. The molecule has 1 aromatic rings. The van der Waals surface area contributed by atoms with Crippen LogP contribution in [0.25, 0.3) is 0 Å². The SMILES string of the molecule is Cc1ccsc1C(=O)N[C@]1(C)CCS(=O)(=O)C1. The van der Waals surface area contributed by atoms with E-state index in [1.807, 2.05) is 18.4 Å². The summed E-state index contributed by atoms with van der Waals surface area (Å²) in [6.07, 6.45) is 0.492. The minimum atomic E-state index is -2.99. The first kappa shape index (κ1) is 12.6. The minimum Gasteiger partial charge on any atom is -0.345 e. The molecule has 1 saturated heterocycles. The molecule has 2 heterocycles. The lowest BCUT2D eigenvalue weighted by atomic mass is 10.0. The monoisotopic (exact) mass is 273 g/mol. The van der Waals surface area contributed by atoms with E-state index in [-0.39, 0.29) is 17.4 Å². The zero-order chi connectivity index (χ0) is 12.7. The number of carbonyl (C=O) groups is 1. The maximum atomic E-state index is 12.0. The van der Waals surface area contributed by atoms with E-state index in [9.17, 15) is 13.2 Å². The maximum absolute atomic E-state index is 12.0. The summed E-state index contributed by atoms with van der Waals surface area (Å²) in [5.41, 5.74) is 0.309. The predicted molar refractivity (Wildman–Crippen MR) is 68.2 cm³/mol. The second-order valence-corrected chi connectivity index (χ2v) is 7.89. The predicted octanol–water partition coefficient (Wildman–Crippen LogP) is 1.36. The molecule has 1 aliphatic heterocycles. The van der Waals surface area contributed by atoms with Crippen molar-refractivity contribution in [2.75, 3.05) is 11.5 Å². The van der Waals surface area contributed by atoms with Crippen LogP contribution < -0.4 is 5.32 Å². The topological polar surface area (TPSA) is 63.2 Å². The summed E-state index contributed by atoms with van der Waals surface area (Å²) >= 11 is 1.38. The van der Waals surface area contributed by atoms with Gasteiger partial charge in [-0.2, -0.15) is 0 Å². The van der Waals surface area contributed by atoms with Crippen molar-refractivity contribution >= 4 is 27.1 Å². The number of sulfone groups is 1. The van der Waals surface area contributed by atoms with Gasteiger partial charge >= 0.3 is 0 Å². The van der Waals surface area contributed by atoms with Crippen molar-refractivity contribution in [3.8, 4) is 0 Å². The average molecular weight is 273 g/mol. The fourth-order valence-corrected chi connectivity index (χ4v) is 4.96. The Bertz CT molecular complexity index is 547. The lowest BCUT2D eigenvalue weighted by Gasteiger charge is -2.23. The van der Waals surface area contributed by atoms with Gasteiger partial charge in [-0.1, -0.05) is 0 Å². The van der Waals surface area contributed by atoms with E-state index in [1.54, 1.807) is 6.92 Å².